The van der Waals surface area contributed by atoms with Crippen molar-refractivity contribution in [3.8, 4) is 0 Å². The number of anilines is 1. The van der Waals surface area contributed by atoms with Crippen molar-refractivity contribution in [2.45, 2.75) is 64.9 Å². The molecule has 0 saturated carbocycles. The number of piperazine rings is 2. The standard InChI is InChI=1S/C38H53FN6O7/c1-27-5-7-33(47)25-36(49)52-37(28(2)6-8-34(27)51-38(50)44-13-11-41(12-14-44)19-20-46)29(3)21-30-22-31(39)24-32(23-30)42-15-17-43(18-16-42)35(48)26-45-10-4-9-40-45/h4,6,8-10,21-24,27-28,33-34,37,46-47H,5,7,11-20,25-26H2,1-3H3/b8-6+,29-21+/t27-,28-,33+,34+,37-/m0/s1. The zero-order valence-corrected chi connectivity index (χ0v) is 30.5. The highest BCUT2D eigenvalue weighted by Gasteiger charge is 2.30. The van der Waals surface area contributed by atoms with Crippen LogP contribution in [0.3, 0.4) is 0 Å². The highest BCUT2D eigenvalue weighted by atomic mass is 19.1. The van der Waals surface area contributed by atoms with E-state index in [2.05, 4.69) is 10.00 Å². The van der Waals surface area contributed by atoms with E-state index in [0.717, 1.165) is 0 Å². The summed E-state index contributed by atoms with van der Waals surface area (Å²) < 4.78 is 28.6. The molecule has 3 aliphatic rings. The van der Waals surface area contributed by atoms with E-state index in [1.54, 1.807) is 39.0 Å². The van der Waals surface area contributed by atoms with Crippen LogP contribution in [-0.2, 0) is 25.6 Å². The number of carbonyl (C=O) groups is 3. The van der Waals surface area contributed by atoms with Gasteiger partial charge in [0.05, 0.1) is 19.1 Å². The van der Waals surface area contributed by atoms with E-state index >= 15 is 4.39 Å². The largest absolute Gasteiger partial charge is 0.457 e. The van der Waals surface area contributed by atoms with Gasteiger partial charge >= 0.3 is 12.1 Å². The first kappa shape index (κ1) is 38.9. The first-order valence-corrected chi connectivity index (χ1v) is 18.3. The van der Waals surface area contributed by atoms with E-state index in [1.165, 1.54) is 12.1 Å². The summed E-state index contributed by atoms with van der Waals surface area (Å²) in [4.78, 5) is 46.6. The van der Waals surface area contributed by atoms with Crippen molar-refractivity contribution in [1.29, 1.82) is 0 Å². The normalized spacial score (nSPS) is 26.3. The van der Waals surface area contributed by atoms with Gasteiger partial charge in [0.2, 0.25) is 5.91 Å². The average Bonchev–Trinajstić information content (AvgIpc) is 3.64. The number of halogens is 1. The van der Waals surface area contributed by atoms with Crippen LogP contribution in [0.25, 0.3) is 6.08 Å². The number of aliphatic hydroxyl groups excluding tert-OH is 2. The molecule has 2 fully saturated rings. The number of rotatable bonds is 8. The van der Waals surface area contributed by atoms with Crippen LogP contribution in [0.1, 0.15) is 45.6 Å². The minimum absolute atomic E-state index is 0.0172. The fourth-order valence-electron chi connectivity index (χ4n) is 6.99. The third-order valence-electron chi connectivity index (χ3n) is 10.1. The van der Waals surface area contributed by atoms with Crippen molar-refractivity contribution in [3.05, 3.63) is 65.8 Å². The number of hydrogen-bond acceptors (Lipinski definition) is 10. The van der Waals surface area contributed by atoms with Crippen molar-refractivity contribution in [3.63, 3.8) is 0 Å². The maximum absolute atomic E-state index is 15.0. The number of ether oxygens (including phenoxy) is 2. The lowest BCUT2D eigenvalue weighted by molar-refractivity contribution is -0.151. The SMILES string of the molecule is C/C(=C\c1cc(F)cc(N2CCN(C(=O)Cn3cccn3)CC2)c1)[C@H]1OC(=O)C[C@H](O)CC[C@H](C)[C@H](OC(=O)N2CCN(CCO)CC2)/C=C/[C@@H]1C. The zero-order chi connectivity index (χ0) is 37.2. The van der Waals surface area contributed by atoms with E-state index in [4.69, 9.17) is 9.47 Å². The molecule has 5 atom stereocenters. The molecule has 3 aliphatic heterocycles. The Kier molecular flexibility index (Phi) is 13.8. The number of aliphatic hydroxyl groups is 2. The summed E-state index contributed by atoms with van der Waals surface area (Å²) in [5, 5.41) is 24.0. The number of aromatic nitrogens is 2. The maximum atomic E-state index is 15.0. The van der Waals surface area contributed by atoms with E-state index < -0.39 is 36.2 Å². The molecule has 5 rings (SSSR count). The number of amides is 2. The summed E-state index contributed by atoms with van der Waals surface area (Å²) >= 11 is 0. The monoisotopic (exact) mass is 724 g/mol. The fraction of sp³-hybridized carbons (Fsp3) is 0.579. The third kappa shape index (κ3) is 10.9. The topological polar surface area (TPSA) is 141 Å². The Morgan fingerprint density at radius 1 is 1.02 bits per heavy atom. The second-order valence-electron chi connectivity index (χ2n) is 14.2. The fourth-order valence-corrected chi connectivity index (χ4v) is 6.99. The zero-order valence-electron chi connectivity index (χ0n) is 30.5. The minimum atomic E-state index is -0.915. The second-order valence-corrected chi connectivity index (χ2v) is 14.2. The Hall–Kier alpha value is -4.27. The molecule has 2 aromatic rings. The molecule has 13 nitrogen and oxygen atoms in total. The first-order valence-electron chi connectivity index (χ1n) is 18.3. The molecule has 4 heterocycles. The summed E-state index contributed by atoms with van der Waals surface area (Å²) in [6, 6.07) is 6.57. The number of nitrogens with zero attached hydrogens (tertiary/aromatic N) is 6. The van der Waals surface area contributed by atoms with Gasteiger partial charge in [-0.2, -0.15) is 5.10 Å². The van der Waals surface area contributed by atoms with E-state index in [-0.39, 0.29) is 37.3 Å². The average molecular weight is 725 g/mol. The number of β-amino-alcohol motifs (C(OH)–C–C–N with tert-alkyl or cyclic N) is 1. The van der Waals surface area contributed by atoms with Gasteiger partial charge in [-0.1, -0.05) is 26.0 Å². The van der Waals surface area contributed by atoms with Gasteiger partial charge < -0.3 is 34.4 Å². The highest BCUT2D eigenvalue weighted by molar-refractivity contribution is 5.76. The summed E-state index contributed by atoms with van der Waals surface area (Å²) in [6.07, 6.45) is 7.02. The van der Waals surface area contributed by atoms with Gasteiger partial charge in [-0.05, 0) is 67.2 Å². The van der Waals surface area contributed by atoms with Crippen LogP contribution in [0.4, 0.5) is 14.9 Å². The molecule has 52 heavy (non-hydrogen) atoms. The van der Waals surface area contributed by atoms with Crippen LogP contribution >= 0.6 is 0 Å². The van der Waals surface area contributed by atoms with Crippen molar-refractivity contribution >= 4 is 29.7 Å². The number of cyclic esters (lactones) is 1. The van der Waals surface area contributed by atoms with Crippen LogP contribution in [0, 0.1) is 17.7 Å². The maximum Gasteiger partial charge on any atom is 0.410 e. The van der Waals surface area contributed by atoms with E-state index in [1.807, 2.05) is 43.9 Å². The van der Waals surface area contributed by atoms with Crippen LogP contribution in [0.5, 0.6) is 0 Å². The molecule has 1 aromatic carbocycles. The van der Waals surface area contributed by atoms with Crippen LogP contribution in [0.15, 0.2) is 54.4 Å². The van der Waals surface area contributed by atoms with Gasteiger partial charge in [-0.15, -0.1) is 0 Å². The number of esters is 1. The van der Waals surface area contributed by atoms with Crippen LogP contribution in [-0.4, -0.2) is 136 Å². The smallest absolute Gasteiger partial charge is 0.410 e. The lowest BCUT2D eigenvalue weighted by Crippen LogP contribution is -2.50. The van der Waals surface area contributed by atoms with E-state index in [0.29, 0.717) is 88.6 Å². The van der Waals surface area contributed by atoms with E-state index in [9.17, 15) is 24.6 Å². The predicted octanol–water partition coefficient (Wildman–Crippen LogP) is 3.17. The molecule has 2 N–H and O–H groups in total. The van der Waals surface area contributed by atoms with Gasteiger partial charge in [0.1, 0.15) is 24.6 Å². The molecule has 0 radical (unpaired) electrons. The van der Waals surface area contributed by atoms with Crippen molar-refractivity contribution < 1.29 is 38.5 Å². The molecule has 284 valence electrons. The Bertz CT molecular complexity index is 1550. The summed E-state index contributed by atoms with van der Waals surface area (Å²) in [7, 11) is 0. The molecule has 0 bridgehead atoms. The van der Waals surface area contributed by atoms with Gasteiger partial charge in [0.25, 0.3) is 0 Å². The summed E-state index contributed by atoms with van der Waals surface area (Å²) in [5.41, 5.74) is 1.98. The Balaban J connectivity index is 1.28. The van der Waals surface area contributed by atoms with Crippen molar-refractivity contribution in [2.75, 3.05) is 70.4 Å². The molecule has 1 aromatic heterocycles. The predicted molar refractivity (Wildman–Crippen MR) is 194 cm³/mol. The number of carbonyl (C=O) groups excluding carboxylic acids is 3. The minimum Gasteiger partial charge on any atom is -0.457 e. The number of benzene rings is 1. The molecule has 2 amide bonds. The van der Waals surface area contributed by atoms with Gasteiger partial charge in [0.15, 0.2) is 0 Å². The van der Waals surface area contributed by atoms with Crippen molar-refractivity contribution in [1.82, 2.24) is 24.5 Å². The number of hydrogen-bond donors (Lipinski definition) is 2. The van der Waals surface area contributed by atoms with Crippen LogP contribution in [0.2, 0.25) is 0 Å². The first-order chi connectivity index (χ1) is 25.0. The molecule has 14 heteroatoms. The quantitative estimate of drug-likeness (QED) is 0.308. The summed E-state index contributed by atoms with van der Waals surface area (Å²) in [6.45, 7) is 10.9. The highest BCUT2D eigenvalue weighted by Crippen LogP contribution is 2.28. The molecular weight excluding hydrogens is 671 g/mol. The molecule has 0 aliphatic carbocycles. The van der Waals surface area contributed by atoms with Crippen molar-refractivity contribution in [2.24, 2.45) is 11.8 Å². The summed E-state index contributed by atoms with van der Waals surface area (Å²) in [5.74, 6) is -1.41. The third-order valence-corrected chi connectivity index (χ3v) is 10.1. The van der Waals surface area contributed by atoms with Gasteiger partial charge in [-0.25, -0.2) is 9.18 Å². The van der Waals surface area contributed by atoms with Crippen LogP contribution < -0.4 is 4.90 Å². The Morgan fingerprint density at radius 2 is 1.75 bits per heavy atom. The second kappa shape index (κ2) is 18.5. The lowest BCUT2D eigenvalue weighted by Gasteiger charge is -2.36. The van der Waals surface area contributed by atoms with Gasteiger partial charge in [-0.3, -0.25) is 19.2 Å². The lowest BCUT2D eigenvalue weighted by atomic mass is 9.91. The molecule has 2 saturated heterocycles. The molecule has 0 spiro atoms. The Morgan fingerprint density at radius 3 is 2.44 bits per heavy atom. The van der Waals surface area contributed by atoms with Gasteiger partial charge in [0, 0.05) is 82.9 Å². The molecular formula is C38H53FN6O7. The molecule has 0 unspecified atom stereocenters. The Labute approximate surface area is 305 Å².